The van der Waals surface area contributed by atoms with Crippen molar-refractivity contribution in [3.8, 4) is 11.1 Å². The van der Waals surface area contributed by atoms with Gasteiger partial charge in [0.25, 0.3) is 0 Å². The average molecular weight is 367 g/mol. The van der Waals surface area contributed by atoms with Crippen molar-refractivity contribution in [1.82, 2.24) is 0 Å². The Morgan fingerprint density at radius 2 is 1.39 bits per heavy atom. The molecule has 0 aromatic heterocycles. The lowest BCUT2D eigenvalue weighted by Gasteiger charge is -2.38. The normalized spacial score (nSPS) is 19.4. The molecule has 0 bridgehead atoms. The van der Waals surface area contributed by atoms with E-state index in [-0.39, 0.29) is 11.3 Å². The summed E-state index contributed by atoms with van der Waals surface area (Å²) in [6.07, 6.45) is 2.65. The van der Waals surface area contributed by atoms with Crippen molar-refractivity contribution in [2.24, 2.45) is 5.92 Å². The van der Waals surface area contributed by atoms with Crippen LogP contribution in [-0.2, 0) is 10.2 Å². The molecule has 3 aromatic carbocycles. The average Bonchev–Trinajstić information content (AvgIpc) is 3.28. The molecule has 28 heavy (non-hydrogen) atoms. The number of benzene rings is 3. The summed E-state index contributed by atoms with van der Waals surface area (Å²) in [6, 6.07) is 26.2. The summed E-state index contributed by atoms with van der Waals surface area (Å²) in [5.41, 5.74) is 7.14. The zero-order valence-electron chi connectivity index (χ0n) is 16.5. The summed E-state index contributed by atoms with van der Waals surface area (Å²) in [5.74, 6) is 0.408. The van der Waals surface area contributed by atoms with Crippen LogP contribution in [0.2, 0.25) is 0 Å². The maximum atomic E-state index is 13.1. The second kappa shape index (κ2) is 6.34. The van der Waals surface area contributed by atoms with Crippen molar-refractivity contribution in [2.75, 3.05) is 19.0 Å². The quantitative estimate of drug-likeness (QED) is 0.615. The molecule has 0 radical (unpaired) electrons. The van der Waals surface area contributed by atoms with Crippen molar-refractivity contribution in [2.45, 2.75) is 24.7 Å². The van der Waals surface area contributed by atoms with E-state index >= 15 is 0 Å². The van der Waals surface area contributed by atoms with Gasteiger partial charge in [0.2, 0.25) is 0 Å². The summed E-state index contributed by atoms with van der Waals surface area (Å²) in [7, 11) is 4.12. The van der Waals surface area contributed by atoms with E-state index in [9.17, 15) is 4.79 Å². The SMILES string of the molecule is CN(C)c1ccc(C2(C3CCCC3=O)c3ccccc3-c3ccccc32)cc1. The van der Waals surface area contributed by atoms with Crippen LogP contribution in [0.25, 0.3) is 11.1 Å². The van der Waals surface area contributed by atoms with Crippen LogP contribution in [0.1, 0.15) is 36.0 Å². The number of Topliss-reactive ketones (excluding diaryl/α,β-unsaturated/α-hetero) is 1. The molecule has 1 atom stereocenters. The van der Waals surface area contributed by atoms with E-state index < -0.39 is 0 Å². The Bertz CT molecular complexity index is 1000. The van der Waals surface area contributed by atoms with Crippen LogP contribution >= 0.6 is 0 Å². The van der Waals surface area contributed by atoms with Crippen LogP contribution in [-0.4, -0.2) is 19.9 Å². The fraction of sp³-hybridized carbons (Fsp3) is 0.269. The molecule has 2 aliphatic carbocycles. The first kappa shape index (κ1) is 17.2. The van der Waals surface area contributed by atoms with Crippen LogP contribution in [0.5, 0.6) is 0 Å². The van der Waals surface area contributed by atoms with E-state index in [1.165, 1.54) is 33.5 Å². The third-order valence-electron chi connectivity index (χ3n) is 6.66. The minimum atomic E-state index is -0.383. The highest BCUT2D eigenvalue weighted by Gasteiger charge is 2.53. The summed E-state index contributed by atoms with van der Waals surface area (Å²) >= 11 is 0. The smallest absolute Gasteiger partial charge is 0.137 e. The van der Waals surface area contributed by atoms with Crippen molar-refractivity contribution in [3.05, 3.63) is 89.5 Å². The van der Waals surface area contributed by atoms with Gasteiger partial charge in [-0.15, -0.1) is 0 Å². The Kier molecular flexibility index (Phi) is 3.90. The summed E-state index contributed by atoms with van der Waals surface area (Å²) < 4.78 is 0. The first-order valence-corrected chi connectivity index (χ1v) is 10.1. The molecule has 140 valence electrons. The molecular weight excluding hydrogens is 342 g/mol. The number of carbonyl (C=O) groups is 1. The van der Waals surface area contributed by atoms with E-state index in [1.807, 2.05) is 0 Å². The van der Waals surface area contributed by atoms with Gasteiger partial charge in [0, 0.05) is 32.1 Å². The van der Waals surface area contributed by atoms with E-state index in [0.29, 0.717) is 12.2 Å². The highest BCUT2D eigenvalue weighted by Crippen LogP contribution is 2.58. The van der Waals surface area contributed by atoms with Crippen LogP contribution in [0, 0.1) is 5.92 Å². The highest BCUT2D eigenvalue weighted by atomic mass is 16.1. The predicted octanol–water partition coefficient (Wildman–Crippen LogP) is 5.44. The van der Waals surface area contributed by atoms with Gasteiger partial charge in [0.05, 0.1) is 5.41 Å². The zero-order chi connectivity index (χ0) is 19.3. The van der Waals surface area contributed by atoms with E-state index in [2.05, 4.69) is 91.8 Å². The summed E-state index contributed by atoms with van der Waals surface area (Å²) in [4.78, 5) is 15.2. The largest absolute Gasteiger partial charge is 0.378 e. The molecule has 2 nitrogen and oxygen atoms in total. The van der Waals surface area contributed by atoms with E-state index in [0.717, 1.165) is 12.8 Å². The Hall–Kier alpha value is -2.87. The third kappa shape index (κ3) is 2.24. The van der Waals surface area contributed by atoms with Gasteiger partial charge in [0.1, 0.15) is 5.78 Å². The van der Waals surface area contributed by atoms with Gasteiger partial charge in [-0.05, 0) is 52.8 Å². The van der Waals surface area contributed by atoms with E-state index in [4.69, 9.17) is 0 Å². The number of nitrogens with zero attached hydrogens (tertiary/aromatic N) is 1. The number of hydrogen-bond acceptors (Lipinski definition) is 2. The van der Waals surface area contributed by atoms with Gasteiger partial charge in [-0.1, -0.05) is 60.7 Å². The molecule has 3 aromatic rings. The first-order valence-electron chi connectivity index (χ1n) is 10.1. The number of carbonyl (C=O) groups excluding carboxylic acids is 1. The van der Waals surface area contributed by atoms with Gasteiger partial charge in [0.15, 0.2) is 0 Å². The van der Waals surface area contributed by atoms with Gasteiger partial charge in [-0.25, -0.2) is 0 Å². The first-order chi connectivity index (χ1) is 13.6. The highest BCUT2D eigenvalue weighted by molar-refractivity contribution is 5.92. The topological polar surface area (TPSA) is 20.3 Å². The Morgan fingerprint density at radius 3 is 1.89 bits per heavy atom. The minimum absolute atomic E-state index is 0.00232. The Morgan fingerprint density at radius 1 is 0.821 bits per heavy atom. The Labute approximate surface area is 166 Å². The number of hydrogen-bond donors (Lipinski definition) is 0. The lowest BCUT2D eigenvalue weighted by atomic mass is 9.63. The monoisotopic (exact) mass is 367 g/mol. The molecule has 0 spiro atoms. The van der Waals surface area contributed by atoms with Gasteiger partial charge < -0.3 is 4.90 Å². The molecular formula is C26H25NO. The van der Waals surface area contributed by atoms with Crippen LogP contribution in [0.4, 0.5) is 5.69 Å². The van der Waals surface area contributed by atoms with Crippen LogP contribution in [0.3, 0.4) is 0 Å². The fourth-order valence-corrected chi connectivity index (χ4v) is 5.45. The van der Waals surface area contributed by atoms with Crippen molar-refractivity contribution in [3.63, 3.8) is 0 Å². The zero-order valence-corrected chi connectivity index (χ0v) is 16.5. The standard InChI is InChI=1S/C26H25NO/c1-27(2)19-16-14-18(15-17-19)26(24-12-7-13-25(24)28)22-10-5-3-8-20(22)21-9-4-6-11-23(21)26/h3-6,8-11,14-17,24H,7,12-13H2,1-2H3. The molecule has 0 N–H and O–H groups in total. The summed E-state index contributed by atoms with van der Waals surface area (Å²) in [6.45, 7) is 0. The van der Waals surface area contributed by atoms with Gasteiger partial charge in [-0.2, -0.15) is 0 Å². The predicted molar refractivity (Wildman–Crippen MR) is 115 cm³/mol. The molecule has 2 aliphatic rings. The van der Waals surface area contributed by atoms with Gasteiger partial charge in [-0.3, -0.25) is 4.79 Å². The maximum absolute atomic E-state index is 13.1. The number of anilines is 1. The third-order valence-corrected chi connectivity index (χ3v) is 6.66. The molecule has 0 saturated heterocycles. The van der Waals surface area contributed by atoms with Crippen molar-refractivity contribution < 1.29 is 4.79 Å². The molecule has 2 heteroatoms. The number of rotatable bonds is 3. The molecule has 1 saturated carbocycles. The van der Waals surface area contributed by atoms with Crippen molar-refractivity contribution in [1.29, 1.82) is 0 Å². The van der Waals surface area contributed by atoms with Crippen molar-refractivity contribution >= 4 is 11.5 Å². The second-order valence-electron chi connectivity index (χ2n) is 8.25. The minimum Gasteiger partial charge on any atom is -0.378 e. The lowest BCUT2D eigenvalue weighted by Crippen LogP contribution is -2.38. The van der Waals surface area contributed by atoms with Crippen LogP contribution < -0.4 is 4.90 Å². The molecule has 0 heterocycles. The fourth-order valence-electron chi connectivity index (χ4n) is 5.45. The Balaban J connectivity index is 1.84. The van der Waals surface area contributed by atoms with Gasteiger partial charge >= 0.3 is 0 Å². The lowest BCUT2D eigenvalue weighted by molar-refractivity contribution is -0.121. The molecule has 5 rings (SSSR count). The molecule has 0 amide bonds. The number of ketones is 1. The van der Waals surface area contributed by atoms with Crippen LogP contribution in [0.15, 0.2) is 72.8 Å². The molecule has 0 aliphatic heterocycles. The van der Waals surface area contributed by atoms with E-state index in [1.54, 1.807) is 0 Å². The maximum Gasteiger partial charge on any atom is 0.137 e. The molecule has 1 unspecified atom stereocenters. The second-order valence-corrected chi connectivity index (χ2v) is 8.25. The molecule has 1 fully saturated rings. The summed E-state index contributed by atoms with van der Waals surface area (Å²) in [5, 5.41) is 0. The number of fused-ring (bicyclic) bond motifs is 3.